The van der Waals surface area contributed by atoms with Crippen LogP contribution in [0.2, 0.25) is 0 Å². The van der Waals surface area contributed by atoms with E-state index in [4.69, 9.17) is 9.47 Å². The maximum Gasteiger partial charge on any atom is 0.257 e. The fourth-order valence-corrected chi connectivity index (χ4v) is 4.83. The number of hydrogen-bond donors (Lipinski definition) is 0. The Balaban J connectivity index is 1.53. The lowest BCUT2D eigenvalue weighted by molar-refractivity contribution is -0.279. The van der Waals surface area contributed by atoms with Crippen LogP contribution in [0.25, 0.3) is 0 Å². The lowest BCUT2D eigenvalue weighted by Gasteiger charge is -2.46. The first-order valence-electron chi connectivity index (χ1n) is 8.86. The van der Waals surface area contributed by atoms with Crippen LogP contribution in [0.15, 0.2) is 41.8 Å². The first-order chi connectivity index (χ1) is 13.4. The van der Waals surface area contributed by atoms with Crippen molar-refractivity contribution in [2.45, 2.75) is 10.7 Å². The number of aryl methyl sites for hydroxylation is 1. The molecule has 1 amide bonds. The number of amides is 1. The van der Waals surface area contributed by atoms with Gasteiger partial charge in [-0.05, 0) is 12.1 Å². The Kier molecular flexibility index (Phi) is 4.91. The van der Waals surface area contributed by atoms with Crippen LogP contribution >= 0.6 is 0 Å². The molecule has 4 rings (SSSR count). The zero-order chi connectivity index (χ0) is 19.8. The summed E-state index contributed by atoms with van der Waals surface area (Å²) >= 11 is 0. The molecule has 1 atom stereocenters. The van der Waals surface area contributed by atoms with Gasteiger partial charge in [0.05, 0.1) is 38.1 Å². The van der Waals surface area contributed by atoms with Crippen LogP contribution in [0.5, 0.6) is 0 Å². The molecule has 4 heterocycles. The molecule has 2 aromatic heterocycles. The number of carbonyl (C=O) groups is 1. The molecule has 2 saturated heterocycles. The highest BCUT2D eigenvalue weighted by Gasteiger charge is 2.46. The van der Waals surface area contributed by atoms with Crippen molar-refractivity contribution in [1.29, 1.82) is 0 Å². The molecular formula is C17H21N5O5S. The number of hydrogen-bond acceptors (Lipinski definition) is 7. The fourth-order valence-electron chi connectivity index (χ4n) is 3.41. The Labute approximate surface area is 162 Å². The molecule has 1 unspecified atom stereocenters. The molecule has 2 aliphatic rings. The summed E-state index contributed by atoms with van der Waals surface area (Å²) in [6, 6.07) is 3.08. The van der Waals surface area contributed by atoms with Crippen LogP contribution in [-0.2, 0) is 26.5 Å². The predicted octanol–water partition coefficient (Wildman–Crippen LogP) is -0.295. The Morgan fingerprint density at radius 2 is 1.96 bits per heavy atom. The maximum atomic E-state index is 12.9. The SMILES string of the molecule is Cn1cc(C(=O)N2CCOC3(C2)CN(S(=O)(=O)c2cccnc2)CCO3)cn1. The normalized spacial score (nSPS) is 23.8. The first-order valence-corrected chi connectivity index (χ1v) is 10.3. The standard InChI is InChI=1S/C17H21N5O5S/c1-20-11-14(9-19-20)16(23)21-5-7-26-17(12-21)13-22(6-8-27-17)28(24,25)15-3-2-4-18-10-15/h2-4,9-11H,5-8,12-13H2,1H3. The second-order valence-electron chi connectivity index (χ2n) is 6.76. The minimum atomic E-state index is -3.73. The molecular weight excluding hydrogens is 386 g/mol. The van der Waals surface area contributed by atoms with Crippen LogP contribution in [-0.4, -0.2) is 83.5 Å². The molecule has 0 radical (unpaired) electrons. The van der Waals surface area contributed by atoms with E-state index >= 15 is 0 Å². The number of ether oxygens (including phenoxy) is 2. The third kappa shape index (κ3) is 3.53. The van der Waals surface area contributed by atoms with Gasteiger partial charge in [-0.25, -0.2) is 8.42 Å². The Morgan fingerprint density at radius 1 is 1.18 bits per heavy atom. The molecule has 2 aromatic rings. The lowest BCUT2D eigenvalue weighted by atomic mass is 10.1. The summed E-state index contributed by atoms with van der Waals surface area (Å²) in [5, 5.41) is 4.03. The van der Waals surface area contributed by atoms with Gasteiger partial charge in [0.15, 0.2) is 5.79 Å². The van der Waals surface area contributed by atoms with E-state index in [1.807, 2.05) is 0 Å². The zero-order valence-electron chi connectivity index (χ0n) is 15.4. The monoisotopic (exact) mass is 407 g/mol. The van der Waals surface area contributed by atoms with E-state index in [1.165, 1.54) is 29.0 Å². The molecule has 0 aromatic carbocycles. The van der Waals surface area contributed by atoms with Crippen molar-refractivity contribution in [3.05, 3.63) is 42.5 Å². The number of rotatable bonds is 3. The number of aromatic nitrogens is 3. The molecule has 1 spiro atoms. The highest BCUT2D eigenvalue weighted by molar-refractivity contribution is 7.89. The smallest absolute Gasteiger partial charge is 0.257 e. The molecule has 0 saturated carbocycles. The summed E-state index contributed by atoms with van der Waals surface area (Å²) in [4.78, 5) is 18.4. The number of pyridine rings is 1. The average molecular weight is 407 g/mol. The third-order valence-electron chi connectivity index (χ3n) is 4.79. The van der Waals surface area contributed by atoms with Gasteiger partial charge < -0.3 is 14.4 Å². The van der Waals surface area contributed by atoms with E-state index in [0.717, 1.165) is 0 Å². The van der Waals surface area contributed by atoms with E-state index < -0.39 is 15.8 Å². The Hall–Kier alpha value is -2.34. The van der Waals surface area contributed by atoms with Crippen molar-refractivity contribution >= 4 is 15.9 Å². The number of sulfonamides is 1. The van der Waals surface area contributed by atoms with Crippen molar-refractivity contribution in [3.63, 3.8) is 0 Å². The molecule has 2 fully saturated rings. The zero-order valence-corrected chi connectivity index (χ0v) is 16.2. The second-order valence-corrected chi connectivity index (χ2v) is 8.70. The van der Waals surface area contributed by atoms with Crippen molar-refractivity contribution in [1.82, 2.24) is 24.0 Å². The van der Waals surface area contributed by atoms with Crippen molar-refractivity contribution < 1.29 is 22.7 Å². The van der Waals surface area contributed by atoms with E-state index in [9.17, 15) is 13.2 Å². The molecule has 0 N–H and O–H groups in total. The van der Waals surface area contributed by atoms with Gasteiger partial charge in [-0.3, -0.25) is 14.5 Å². The summed E-state index contributed by atoms with van der Waals surface area (Å²) in [5.41, 5.74) is 0.468. The topological polar surface area (TPSA) is 107 Å². The van der Waals surface area contributed by atoms with Gasteiger partial charge in [-0.15, -0.1) is 0 Å². The van der Waals surface area contributed by atoms with Crippen LogP contribution in [0.3, 0.4) is 0 Å². The number of nitrogens with zero attached hydrogens (tertiary/aromatic N) is 5. The molecule has 150 valence electrons. The highest BCUT2D eigenvalue weighted by atomic mass is 32.2. The van der Waals surface area contributed by atoms with Crippen LogP contribution < -0.4 is 0 Å². The fraction of sp³-hybridized carbons (Fsp3) is 0.471. The lowest BCUT2D eigenvalue weighted by Crippen LogP contribution is -2.63. The molecule has 28 heavy (non-hydrogen) atoms. The van der Waals surface area contributed by atoms with Gasteiger partial charge >= 0.3 is 0 Å². The first kappa shape index (κ1) is 19.0. The molecule has 10 nitrogen and oxygen atoms in total. The molecule has 2 aliphatic heterocycles. The molecule has 0 aliphatic carbocycles. The largest absolute Gasteiger partial charge is 0.346 e. The van der Waals surface area contributed by atoms with Gasteiger partial charge in [0, 0.05) is 38.7 Å². The van der Waals surface area contributed by atoms with E-state index in [-0.39, 0.29) is 43.7 Å². The summed E-state index contributed by atoms with van der Waals surface area (Å²) < 4.78 is 40.4. The van der Waals surface area contributed by atoms with E-state index in [1.54, 1.807) is 28.9 Å². The van der Waals surface area contributed by atoms with E-state index in [0.29, 0.717) is 12.1 Å². The summed E-state index contributed by atoms with van der Waals surface area (Å²) in [7, 11) is -1.99. The van der Waals surface area contributed by atoms with Crippen LogP contribution in [0.4, 0.5) is 0 Å². The van der Waals surface area contributed by atoms with Gasteiger partial charge in [-0.2, -0.15) is 9.40 Å². The summed E-state index contributed by atoms with van der Waals surface area (Å²) in [6.07, 6.45) is 5.99. The number of morpholine rings is 2. The predicted molar refractivity (Wildman–Crippen MR) is 96.7 cm³/mol. The second kappa shape index (κ2) is 7.24. The number of carbonyl (C=O) groups excluding carboxylic acids is 1. The quantitative estimate of drug-likeness (QED) is 0.688. The van der Waals surface area contributed by atoms with Gasteiger partial charge in [0.1, 0.15) is 4.90 Å². The summed E-state index contributed by atoms with van der Waals surface area (Å²) in [6.45, 7) is 1.18. The minimum absolute atomic E-state index is 0.00104. The van der Waals surface area contributed by atoms with Gasteiger partial charge in [0.25, 0.3) is 5.91 Å². The summed E-state index contributed by atoms with van der Waals surface area (Å²) in [5.74, 6) is -1.38. The van der Waals surface area contributed by atoms with Crippen molar-refractivity contribution in [2.75, 3.05) is 39.4 Å². The van der Waals surface area contributed by atoms with Gasteiger partial charge in [0.2, 0.25) is 10.0 Å². The molecule has 11 heteroatoms. The van der Waals surface area contributed by atoms with Crippen LogP contribution in [0, 0.1) is 0 Å². The van der Waals surface area contributed by atoms with E-state index in [2.05, 4.69) is 10.1 Å². The average Bonchev–Trinajstić information content (AvgIpc) is 3.14. The van der Waals surface area contributed by atoms with Gasteiger partial charge in [-0.1, -0.05) is 0 Å². The minimum Gasteiger partial charge on any atom is -0.346 e. The Bertz CT molecular complexity index is 959. The van der Waals surface area contributed by atoms with Crippen molar-refractivity contribution in [3.8, 4) is 0 Å². The Morgan fingerprint density at radius 3 is 2.64 bits per heavy atom. The molecule has 0 bridgehead atoms. The van der Waals surface area contributed by atoms with Crippen molar-refractivity contribution in [2.24, 2.45) is 7.05 Å². The third-order valence-corrected chi connectivity index (χ3v) is 6.62. The van der Waals surface area contributed by atoms with Crippen LogP contribution in [0.1, 0.15) is 10.4 Å². The maximum absolute atomic E-state index is 12.9. The highest BCUT2D eigenvalue weighted by Crippen LogP contribution is 2.28.